The average Bonchev–Trinajstić information content (AvgIpc) is 2.22. The number of hydrogen-bond donors (Lipinski definition) is 0. The second-order valence-electron chi connectivity index (χ2n) is 3.85. The van der Waals surface area contributed by atoms with Crippen molar-refractivity contribution in [2.75, 3.05) is 0 Å². The van der Waals surface area contributed by atoms with Gasteiger partial charge in [-0.1, -0.05) is 61.6 Å². The molecule has 0 aliphatic carbocycles. The van der Waals surface area contributed by atoms with E-state index in [9.17, 15) is 0 Å². The van der Waals surface area contributed by atoms with Crippen LogP contribution in [0.4, 0.5) is 0 Å². The number of benzene rings is 1. The van der Waals surface area contributed by atoms with Gasteiger partial charge in [0.25, 0.3) is 0 Å². The smallest absolute Gasteiger partial charge is 0.0885 e. The molecule has 0 heterocycles. The topological polar surface area (TPSA) is 0 Å². The predicted molar refractivity (Wildman–Crippen MR) is 69.4 cm³/mol. The van der Waals surface area contributed by atoms with E-state index >= 15 is 0 Å². The molecule has 0 nitrogen and oxygen atoms in total. The zero-order chi connectivity index (χ0) is 10.6. The summed E-state index contributed by atoms with van der Waals surface area (Å²) in [6.45, 7) is 6.86. The molecule has 76 valence electrons. The van der Waals surface area contributed by atoms with E-state index in [2.05, 4.69) is 60.9 Å². The molecular weight excluding hydrogens is 235 g/mol. The van der Waals surface area contributed by atoms with Crippen LogP contribution in [0.25, 0.3) is 0 Å². The highest BCUT2D eigenvalue weighted by atomic mass is 79.9. The van der Waals surface area contributed by atoms with Crippen LogP contribution in [0.15, 0.2) is 28.7 Å². The lowest BCUT2D eigenvalue weighted by Gasteiger charge is -2.30. The van der Waals surface area contributed by atoms with Gasteiger partial charge in [0.05, 0.1) is 0 Å². The van der Waals surface area contributed by atoms with E-state index in [1.54, 1.807) is 0 Å². The Hall–Kier alpha value is -0.235. The molecule has 0 unspecified atom stereocenters. The third-order valence-corrected chi connectivity index (χ3v) is 3.96. The van der Waals surface area contributed by atoms with Crippen LogP contribution in [-0.4, -0.2) is 7.28 Å². The second kappa shape index (κ2) is 5.02. The highest BCUT2D eigenvalue weighted by Crippen LogP contribution is 2.31. The Labute approximate surface area is 96.5 Å². The Kier molecular flexibility index (Phi) is 4.24. The van der Waals surface area contributed by atoms with Gasteiger partial charge in [-0.15, -0.1) is 0 Å². The zero-order valence-electron chi connectivity index (χ0n) is 9.31. The minimum Gasteiger partial charge on any atom is -0.0885 e. The molecule has 0 aliphatic rings. The lowest BCUT2D eigenvalue weighted by Crippen LogP contribution is -2.30. The molecule has 0 atom stereocenters. The summed E-state index contributed by atoms with van der Waals surface area (Å²) in [4.78, 5) is 0. The number of hydrogen-bond acceptors (Lipinski definition) is 0. The van der Waals surface area contributed by atoms with E-state index < -0.39 is 0 Å². The van der Waals surface area contributed by atoms with Crippen LogP contribution in [0, 0.1) is 0 Å². The molecule has 0 aromatic heterocycles. The molecule has 0 N–H and O–H groups in total. The zero-order valence-corrected chi connectivity index (χ0v) is 10.9. The quantitative estimate of drug-likeness (QED) is 0.712. The fourth-order valence-corrected chi connectivity index (χ4v) is 2.58. The molecule has 0 bridgehead atoms. The summed E-state index contributed by atoms with van der Waals surface area (Å²) >= 11 is 3.54. The minimum atomic E-state index is 0.379. The van der Waals surface area contributed by atoms with E-state index in [0.717, 1.165) is 0 Å². The van der Waals surface area contributed by atoms with Gasteiger partial charge in [-0.05, 0) is 23.0 Å². The molecule has 1 aromatic rings. The van der Waals surface area contributed by atoms with E-state index in [4.69, 9.17) is 0 Å². The van der Waals surface area contributed by atoms with Crippen LogP contribution < -0.4 is 0 Å². The molecule has 0 spiro atoms. The molecule has 2 heteroatoms. The van der Waals surface area contributed by atoms with Crippen LogP contribution in [0.1, 0.15) is 32.3 Å². The SMILES string of the molecule is CBC(CC)(CC)c1cccc(Br)c1. The third kappa shape index (κ3) is 2.22. The first-order valence-corrected chi connectivity index (χ1v) is 6.24. The van der Waals surface area contributed by atoms with Crippen LogP contribution in [0.3, 0.4) is 0 Å². The van der Waals surface area contributed by atoms with Gasteiger partial charge in [0.2, 0.25) is 0 Å². The maximum absolute atomic E-state index is 3.54. The first-order chi connectivity index (χ1) is 6.68. The molecule has 0 amide bonds. The summed E-state index contributed by atoms with van der Waals surface area (Å²) < 4.78 is 1.19. The molecular formula is C12H18BBr. The van der Waals surface area contributed by atoms with Crippen LogP contribution in [0.2, 0.25) is 6.82 Å². The van der Waals surface area contributed by atoms with Crippen molar-refractivity contribution in [3.8, 4) is 0 Å². The molecule has 0 radical (unpaired) electrons. The first-order valence-electron chi connectivity index (χ1n) is 5.44. The average molecular weight is 253 g/mol. The first kappa shape index (κ1) is 11.8. The van der Waals surface area contributed by atoms with Gasteiger partial charge in [0.15, 0.2) is 0 Å². The monoisotopic (exact) mass is 252 g/mol. The molecule has 0 saturated heterocycles. The van der Waals surface area contributed by atoms with Gasteiger partial charge in [-0.3, -0.25) is 0 Å². The summed E-state index contributed by atoms with van der Waals surface area (Å²) in [5.74, 6) is 0. The Bertz CT molecular complexity index is 284. The van der Waals surface area contributed by atoms with Gasteiger partial charge in [-0.25, -0.2) is 0 Å². The lowest BCUT2D eigenvalue weighted by molar-refractivity contribution is 0.557. The van der Waals surface area contributed by atoms with Crippen molar-refractivity contribution >= 4 is 23.2 Å². The second-order valence-corrected chi connectivity index (χ2v) is 4.77. The highest BCUT2D eigenvalue weighted by Gasteiger charge is 2.26. The van der Waals surface area contributed by atoms with Gasteiger partial charge < -0.3 is 0 Å². The molecule has 0 aliphatic heterocycles. The summed E-state index contributed by atoms with van der Waals surface area (Å²) in [6.07, 6.45) is 2.44. The van der Waals surface area contributed by atoms with Crippen LogP contribution in [-0.2, 0) is 5.31 Å². The van der Waals surface area contributed by atoms with Crippen LogP contribution >= 0.6 is 15.9 Å². The van der Waals surface area contributed by atoms with E-state index in [0.29, 0.717) is 5.31 Å². The summed E-state index contributed by atoms with van der Waals surface area (Å²) in [7, 11) is 1.22. The standard InChI is InChI=1S/C12H18BBr/c1-4-12(5-2,13-3)10-7-6-8-11(14)9-10/h6-9,13H,4-5H2,1-3H3. The molecule has 1 aromatic carbocycles. The van der Waals surface area contributed by atoms with Crippen LogP contribution in [0.5, 0.6) is 0 Å². The van der Waals surface area contributed by atoms with Crippen molar-refractivity contribution in [3.63, 3.8) is 0 Å². The minimum absolute atomic E-state index is 0.379. The molecule has 1 rings (SSSR count). The Morgan fingerprint density at radius 2 is 1.93 bits per heavy atom. The fraction of sp³-hybridized carbons (Fsp3) is 0.500. The number of halogens is 1. The Morgan fingerprint density at radius 1 is 1.29 bits per heavy atom. The van der Waals surface area contributed by atoms with Gasteiger partial charge in [-0.2, -0.15) is 0 Å². The van der Waals surface area contributed by atoms with Crippen molar-refractivity contribution in [2.45, 2.75) is 38.8 Å². The molecule has 0 fully saturated rings. The summed E-state index contributed by atoms with van der Waals surface area (Å²) in [5.41, 5.74) is 1.47. The Balaban J connectivity index is 3.10. The van der Waals surface area contributed by atoms with Gasteiger partial charge >= 0.3 is 0 Å². The predicted octanol–water partition coefficient (Wildman–Crippen LogP) is 3.95. The van der Waals surface area contributed by atoms with Gasteiger partial charge in [0, 0.05) is 4.47 Å². The van der Waals surface area contributed by atoms with Crippen molar-refractivity contribution in [1.29, 1.82) is 0 Å². The lowest BCUT2D eigenvalue weighted by atomic mass is 9.48. The van der Waals surface area contributed by atoms with Crippen molar-refractivity contribution in [2.24, 2.45) is 0 Å². The Morgan fingerprint density at radius 3 is 2.36 bits per heavy atom. The van der Waals surface area contributed by atoms with Crippen molar-refractivity contribution in [3.05, 3.63) is 34.3 Å². The van der Waals surface area contributed by atoms with Crippen molar-refractivity contribution in [1.82, 2.24) is 0 Å². The van der Waals surface area contributed by atoms with Gasteiger partial charge in [0.1, 0.15) is 7.28 Å². The third-order valence-electron chi connectivity index (χ3n) is 3.47. The highest BCUT2D eigenvalue weighted by molar-refractivity contribution is 9.10. The largest absolute Gasteiger partial charge is 0.130 e. The number of rotatable bonds is 4. The summed E-state index contributed by atoms with van der Waals surface area (Å²) in [5, 5.41) is 0.379. The molecule has 14 heavy (non-hydrogen) atoms. The maximum atomic E-state index is 3.54. The van der Waals surface area contributed by atoms with E-state index in [1.165, 1.54) is 30.2 Å². The summed E-state index contributed by atoms with van der Waals surface area (Å²) in [6, 6.07) is 8.74. The maximum Gasteiger partial charge on any atom is 0.130 e. The fourth-order valence-electron chi connectivity index (χ4n) is 2.18. The van der Waals surface area contributed by atoms with Crippen molar-refractivity contribution < 1.29 is 0 Å². The molecule has 0 saturated carbocycles. The normalized spacial score (nSPS) is 11.4. The van der Waals surface area contributed by atoms with E-state index in [-0.39, 0.29) is 0 Å². The van der Waals surface area contributed by atoms with E-state index in [1.807, 2.05) is 0 Å².